The van der Waals surface area contributed by atoms with Gasteiger partial charge in [-0.2, -0.15) is 5.10 Å². The molecule has 1 aromatic heterocycles. The third-order valence-electron chi connectivity index (χ3n) is 4.03. The van der Waals surface area contributed by atoms with Crippen molar-refractivity contribution in [3.8, 4) is 11.3 Å². The van der Waals surface area contributed by atoms with Gasteiger partial charge in [0.05, 0.1) is 54.6 Å². The molecule has 1 aliphatic heterocycles. The van der Waals surface area contributed by atoms with Crippen molar-refractivity contribution in [2.45, 2.75) is 6.54 Å². The maximum absolute atomic E-state index is 11.8. The van der Waals surface area contributed by atoms with Gasteiger partial charge < -0.3 is 14.6 Å². The number of halogens is 2. The van der Waals surface area contributed by atoms with E-state index in [1.165, 1.54) is 7.11 Å². The summed E-state index contributed by atoms with van der Waals surface area (Å²) < 4.78 is 11.6. The second-order valence-electron chi connectivity index (χ2n) is 5.84. The van der Waals surface area contributed by atoms with Crippen LogP contribution in [0, 0.1) is 5.41 Å². The van der Waals surface area contributed by atoms with Crippen LogP contribution in [0.15, 0.2) is 24.3 Å². The number of benzene rings is 1. The second kappa shape index (κ2) is 6.72. The zero-order chi connectivity index (χ0) is 17.3. The van der Waals surface area contributed by atoms with Gasteiger partial charge in [-0.3, -0.25) is 4.68 Å². The van der Waals surface area contributed by atoms with E-state index in [0.29, 0.717) is 35.5 Å². The summed E-state index contributed by atoms with van der Waals surface area (Å²) >= 11 is 12.1. The Morgan fingerprint density at radius 2 is 2.12 bits per heavy atom. The van der Waals surface area contributed by atoms with Gasteiger partial charge >= 0.3 is 5.97 Å². The molecule has 3 rings (SSSR count). The third-order valence-corrected chi connectivity index (χ3v) is 4.77. The van der Waals surface area contributed by atoms with Crippen LogP contribution < -0.4 is 0 Å². The van der Waals surface area contributed by atoms with Crippen LogP contribution in [0.2, 0.25) is 10.0 Å². The second-order valence-corrected chi connectivity index (χ2v) is 6.66. The van der Waals surface area contributed by atoms with Crippen molar-refractivity contribution in [1.82, 2.24) is 9.78 Å². The van der Waals surface area contributed by atoms with Gasteiger partial charge in [-0.15, -0.1) is 0 Å². The predicted molar refractivity (Wildman–Crippen MR) is 89.4 cm³/mol. The minimum atomic E-state index is -0.530. The molecule has 0 spiro atoms. The highest BCUT2D eigenvalue weighted by molar-refractivity contribution is 6.42. The molecule has 1 fully saturated rings. The van der Waals surface area contributed by atoms with E-state index in [0.717, 1.165) is 5.56 Å². The average Bonchev–Trinajstić information content (AvgIpc) is 2.96. The van der Waals surface area contributed by atoms with Crippen LogP contribution >= 0.6 is 23.2 Å². The van der Waals surface area contributed by atoms with E-state index in [2.05, 4.69) is 5.10 Å². The monoisotopic (exact) mass is 370 g/mol. The van der Waals surface area contributed by atoms with Crippen LogP contribution in [0.1, 0.15) is 10.5 Å². The Labute approximate surface area is 148 Å². The number of methoxy groups -OCH3 is 1. The summed E-state index contributed by atoms with van der Waals surface area (Å²) in [4.78, 5) is 11.8. The number of ether oxygens (including phenoxy) is 2. The van der Waals surface area contributed by atoms with Gasteiger partial charge in [-0.25, -0.2) is 4.79 Å². The van der Waals surface area contributed by atoms with Crippen molar-refractivity contribution in [3.05, 3.63) is 40.0 Å². The lowest BCUT2D eigenvalue weighted by Crippen LogP contribution is -2.49. The number of hydrogen-bond donors (Lipinski definition) is 1. The maximum atomic E-state index is 11.8. The van der Waals surface area contributed by atoms with Crippen LogP contribution in [0.4, 0.5) is 0 Å². The molecule has 0 saturated carbocycles. The van der Waals surface area contributed by atoms with Crippen LogP contribution in [0.25, 0.3) is 11.3 Å². The zero-order valence-corrected chi connectivity index (χ0v) is 14.5. The molecule has 1 aromatic carbocycles. The topological polar surface area (TPSA) is 73.6 Å². The van der Waals surface area contributed by atoms with Crippen LogP contribution in [-0.4, -0.2) is 47.8 Å². The molecule has 2 heterocycles. The van der Waals surface area contributed by atoms with Crippen molar-refractivity contribution in [2.75, 3.05) is 26.9 Å². The van der Waals surface area contributed by atoms with Crippen molar-refractivity contribution in [1.29, 1.82) is 0 Å². The van der Waals surface area contributed by atoms with E-state index in [4.69, 9.17) is 32.7 Å². The highest BCUT2D eigenvalue weighted by Gasteiger charge is 2.39. The van der Waals surface area contributed by atoms with Crippen molar-refractivity contribution >= 4 is 29.2 Å². The summed E-state index contributed by atoms with van der Waals surface area (Å²) in [5.74, 6) is -0.530. The first-order valence-electron chi connectivity index (χ1n) is 7.28. The van der Waals surface area contributed by atoms with Crippen LogP contribution in [0.3, 0.4) is 0 Å². The summed E-state index contributed by atoms with van der Waals surface area (Å²) in [7, 11) is 1.30. The molecule has 2 aromatic rings. The van der Waals surface area contributed by atoms with Gasteiger partial charge in [-0.05, 0) is 18.2 Å². The fourth-order valence-electron chi connectivity index (χ4n) is 2.57. The van der Waals surface area contributed by atoms with Gasteiger partial charge in [-0.1, -0.05) is 29.3 Å². The highest BCUT2D eigenvalue weighted by atomic mass is 35.5. The van der Waals surface area contributed by atoms with E-state index in [-0.39, 0.29) is 12.3 Å². The largest absolute Gasteiger partial charge is 0.464 e. The van der Waals surface area contributed by atoms with Crippen molar-refractivity contribution in [2.24, 2.45) is 5.41 Å². The Bertz CT molecular complexity index is 766. The van der Waals surface area contributed by atoms with Crippen LogP contribution in [-0.2, 0) is 16.0 Å². The molecule has 8 heteroatoms. The van der Waals surface area contributed by atoms with Crippen molar-refractivity contribution in [3.63, 3.8) is 0 Å². The summed E-state index contributed by atoms with van der Waals surface area (Å²) in [6, 6.07) is 6.83. The van der Waals surface area contributed by atoms with Gasteiger partial charge in [0.15, 0.2) is 5.69 Å². The number of carbonyl (C=O) groups is 1. The summed E-state index contributed by atoms with van der Waals surface area (Å²) in [6.07, 6.45) is 0. The van der Waals surface area contributed by atoms with Crippen molar-refractivity contribution < 1.29 is 19.4 Å². The number of rotatable bonds is 5. The number of nitrogens with zero attached hydrogens (tertiary/aromatic N) is 2. The molecule has 0 aliphatic carbocycles. The molecular weight excluding hydrogens is 355 g/mol. The number of carbonyl (C=O) groups excluding carboxylic acids is 1. The molecule has 1 aliphatic rings. The Kier molecular flexibility index (Phi) is 4.83. The van der Waals surface area contributed by atoms with Gasteiger partial charge in [0.1, 0.15) is 0 Å². The Morgan fingerprint density at radius 3 is 2.67 bits per heavy atom. The quantitative estimate of drug-likeness (QED) is 0.818. The SMILES string of the molecule is COC(=O)c1cc(-c2ccc(Cl)c(Cl)c2)n(CC2(CO)COC2)n1. The lowest BCUT2D eigenvalue weighted by Gasteiger charge is -2.39. The molecule has 0 radical (unpaired) electrons. The molecule has 1 N–H and O–H groups in total. The Hall–Kier alpha value is -1.60. The Morgan fingerprint density at radius 1 is 1.38 bits per heavy atom. The maximum Gasteiger partial charge on any atom is 0.358 e. The third kappa shape index (κ3) is 3.15. The average molecular weight is 371 g/mol. The van der Waals surface area contributed by atoms with Gasteiger partial charge in [0.2, 0.25) is 0 Å². The first-order valence-corrected chi connectivity index (χ1v) is 8.04. The number of aliphatic hydroxyl groups excluding tert-OH is 1. The highest BCUT2D eigenvalue weighted by Crippen LogP contribution is 2.33. The molecule has 0 atom stereocenters. The fourth-order valence-corrected chi connectivity index (χ4v) is 2.87. The molecule has 128 valence electrons. The van der Waals surface area contributed by atoms with E-state index in [1.54, 1.807) is 28.9 Å². The van der Waals surface area contributed by atoms with Gasteiger partial charge in [0.25, 0.3) is 0 Å². The molecule has 1 saturated heterocycles. The number of esters is 1. The fraction of sp³-hybridized carbons (Fsp3) is 0.375. The normalized spacial score (nSPS) is 15.8. The number of aromatic nitrogens is 2. The molecule has 6 nitrogen and oxygen atoms in total. The lowest BCUT2D eigenvalue weighted by molar-refractivity contribution is -0.145. The minimum absolute atomic E-state index is 0.0266. The minimum Gasteiger partial charge on any atom is -0.464 e. The van der Waals surface area contributed by atoms with E-state index in [1.807, 2.05) is 0 Å². The molecule has 0 unspecified atom stereocenters. The van der Waals surface area contributed by atoms with Crippen LogP contribution in [0.5, 0.6) is 0 Å². The number of hydrogen-bond acceptors (Lipinski definition) is 5. The first kappa shape index (κ1) is 17.2. The molecular formula is C16H16Cl2N2O4. The summed E-state index contributed by atoms with van der Waals surface area (Å²) in [5, 5.41) is 14.8. The first-order chi connectivity index (χ1) is 11.5. The molecule has 0 amide bonds. The van der Waals surface area contributed by atoms with E-state index < -0.39 is 11.4 Å². The number of aliphatic hydroxyl groups is 1. The summed E-state index contributed by atoms with van der Waals surface area (Å²) in [5.41, 5.74) is 1.24. The molecule has 24 heavy (non-hydrogen) atoms. The zero-order valence-electron chi connectivity index (χ0n) is 13.0. The van der Waals surface area contributed by atoms with E-state index in [9.17, 15) is 9.90 Å². The smallest absolute Gasteiger partial charge is 0.358 e. The predicted octanol–water partition coefficient (Wildman–Crippen LogP) is 2.65. The summed E-state index contributed by atoms with van der Waals surface area (Å²) in [6.45, 7) is 1.27. The van der Waals surface area contributed by atoms with Gasteiger partial charge in [0, 0.05) is 5.56 Å². The van der Waals surface area contributed by atoms with E-state index >= 15 is 0 Å². The Balaban J connectivity index is 2.03. The lowest BCUT2D eigenvalue weighted by atomic mass is 9.87. The standard InChI is InChI=1S/C16H16Cl2N2O4/c1-23-15(22)13-5-14(10-2-3-11(17)12(18)4-10)20(19-13)6-16(7-21)8-24-9-16/h2-5,21H,6-9H2,1H3. The molecule has 0 bridgehead atoms.